The van der Waals surface area contributed by atoms with Gasteiger partial charge < -0.3 is 19.1 Å². The molecule has 8 nitrogen and oxygen atoms in total. The first-order valence-electron chi connectivity index (χ1n) is 10.7. The molecule has 0 fully saturated rings. The van der Waals surface area contributed by atoms with E-state index in [4.69, 9.17) is 14.2 Å². The summed E-state index contributed by atoms with van der Waals surface area (Å²) >= 11 is 0. The molecule has 0 atom stereocenters. The second-order valence-corrected chi connectivity index (χ2v) is 9.00. The first kappa shape index (κ1) is 24.9. The van der Waals surface area contributed by atoms with Gasteiger partial charge in [-0.25, -0.2) is 8.42 Å². The average Bonchev–Trinajstić information content (AvgIpc) is 2.85. The Kier molecular flexibility index (Phi) is 8.37. The smallest absolute Gasteiger partial charge is 0.261 e. The Morgan fingerprint density at radius 1 is 0.941 bits per heavy atom. The Labute approximate surface area is 200 Å². The van der Waals surface area contributed by atoms with Crippen molar-refractivity contribution >= 4 is 21.6 Å². The number of ether oxygens (including phenoxy) is 3. The lowest BCUT2D eigenvalue weighted by molar-refractivity contribution is 0.0773. The summed E-state index contributed by atoms with van der Waals surface area (Å²) in [4.78, 5) is 14.3. The average molecular weight is 485 g/mol. The lowest BCUT2D eigenvalue weighted by Crippen LogP contribution is -2.31. The van der Waals surface area contributed by atoms with E-state index in [0.29, 0.717) is 36.1 Å². The van der Waals surface area contributed by atoms with Crippen LogP contribution in [0.4, 0.5) is 5.69 Å². The molecule has 0 radical (unpaired) electrons. The van der Waals surface area contributed by atoms with Crippen LogP contribution < -0.4 is 18.9 Å². The van der Waals surface area contributed by atoms with Gasteiger partial charge in [0.05, 0.1) is 25.2 Å². The highest BCUT2D eigenvalue weighted by Gasteiger charge is 2.18. The van der Waals surface area contributed by atoms with Crippen molar-refractivity contribution in [1.82, 2.24) is 4.90 Å². The van der Waals surface area contributed by atoms with Crippen LogP contribution in [0.5, 0.6) is 17.2 Å². The largest absolute Gasteiger partial charge is 0.494 e. The molecule has 9 heteroatoms. The zero-order valence-electron chi connectivity index (χ0n) is 19.4. The third-order valence-electron chi connectivity index (χ3n) is 4.91. The van der Waals surface area contributed by atoms with Gasteiger partial charge in [0.25, 0.3) is 15.9 Å². The fraction of sp³-hybridized carbons (Fsp3) is 0.240. The van der Waals surface area contributed by atoms with Crippen molar-refractivity contribution in [2.75, 3.05) is 38.6 Å². The van der Waals surface area contributed by atoms with Crippen molar-refractivity contribution in [2.45, 2.75) is 11.8 Å². The van der Waals surface area contributed by atoms with Crippen molar-refractivity contribution < 1.29 is 27.4 Å². The summed E-state index contributed by atoms with van der Waals surface area (Å²) in [6.45, 7) is 2.95. The summed E-state index contributed by atoms with van der Waals surface area (Å²) in [5, 5.41) is 0. The van der Waals surface area contributed by atoms with Crippen molar-refractivity contribution in [1.29, 1.82) is 0 Å². The summed E-state index contributed by atoms with van der Waals surface area (Å²) in [6.07, 6.45) is 0. The molecule has 3 aromatic rings. The van der Waals surface area contributed by atoms with Crippen LogP contribution in [0.25, 0.3) is 0 Å². The van der Waals surface area contributed by atoms with Gasteiger partial charge in [-0.1, -0.05) is 18.2 Å². The minimum absolute atomic E-state index is 0.00842. The molecule has 0 saturated carbocycles. The molecular formula is C25H28N2O6S. The number of rotatable bonds is 11. The molecule has 0 aliphatic heterocycles. The highest BCUT2D eigenvalue weighted by molar-refractivity contribution is 7.92. The Morgan fingerprint density at radius 3 is 2.32 bits per heavy atom. The number of likely N-dealkylation sites (N-methyl/N-ethyl adjacent to an activating group) is 1. The van der Waals surface area contributed by atoms with Gasteiger partial charge in [0.15, 0.2) is 11.5 Å². The highest BCUT2D eigenvalue weighted by Crippen LogP contribution is 2.25. The van der Waals surface area contributed by atoms with E-state index in [-0.39, 0.29) is 23.0 Å². The van der Waals surface area contributed by atoms with E-state index >= 15 is 0 Å². The molecule has 0 spiro atoms. The van der Waals surface area contributed by atoms with E-state index in [2.05, 4.69) is 4.72 Å². The van der Waals surface area contributed by atoms with Gasteiger partial charge >= 0.3 is 0 Å². The molecule has 3 aromatic carbocycles. The number of hydrogen-bond acceptors (Lipinski definition) is 6. The maximum absolute atomic E-state index is 12.9. The number of hydrogen-bond donors (Lipinski definition) is 1. The number of anilines is 1. The Hall–Kier alpha value is -3.72. The van der Waals surface area contributed by atoms with E-state index in [1.54, 1.807) is 62.7 Å². The van der Waals surface area contributed by atoms with Crippen molar-refractivity contribution in [3.05, 3.63) is 78.4 Å². The number of nitrogens with zero attached hydrogens (tertiary/aromatic N) is 1. The van der Waals surface area contributed by atoms with Gasteiger partial charge in [0, 0.05) is 18.3 Å². The fourth-order valence-corrected chi connectivity index (χ4v) is 4.25. The minimum Gasteiger partial charge on any atom is -0.494 e. The first-order chi connectivity index (χ1) is 16.3. The van der Waals surface area contributed by atoms with Gasteiger partial charge in [-0.2, -0.15) is 0 Å². The number of sulfonamides is 1. The highest BCUT2D eigenvalue weighted by atomic mass is 32.2. The molecular weight excluding hydrogens is 456 g/mol. The Bertz CT molecular complexity index is 1210. The van der Waals surface area contributed by atoms with Crippen LogP contribution >= 0.6 is 0 Å². The SMILES string of the molecule is CCOc1ccc(NS(=O)(=O)c2cccc(C(=O)N(C)CCOc3ccccc3OC)c2)cc1. The van der Waals surface area contributed by atoms with Crippen molar-refractivity contribution in [3.63, 3.8) is 0 Å². The number of para-hydroxylation sites is 2. The Morgan fingerprint density at radius 2 is 1.65 bits per heavy atom. The van der Waals surface area contributed by atoms with Crippen molar-refractivity contribution in [2.24, 2.45) is 0 Å². The standard InChI is InChI=1S/C25H28N2O6S/c1-4-32-21-14-12-20(13-15-21)26-34(29,30)22-9-7-8-19(18-22)25(28)27(2)16-17-33-24-11-6-5-10-23(24)31-3/h5-15,18,26H,4,16-17H2,1-3H3. The molecule has 180 valence electrons. The van der Waals surface area contributed by atoms with Gasteiger partial charge in [-0.05, 0) is 61.5 Å². The van der Waals surface area contributed by atoms with E-state index in [9.17, 15) is 13.2 Å². The molecule has 3 rings (SSSR count). The van der Waals surface area contributed by atoms with Crippen molar-refractivity contribution in [3.8, 4) is 17.2 Å². The maximum atomic E-state index is 12.9. The normalized spacial score (nSPS) is 10.9. The second kappa shape index (κ2) is 11.4. The van der Waals surface area contributed by atoms with Crippen LogP contribution in [0.1, 0.15) is 17.3 Å². The van der Waals surface area contributed by atoms with E-state index < -0.39 is 10.0 Å². The topological polar surface area (TPSA) is 94.2 Å². The first-order valence-corrected chi connectivity index (χ1v) is 12.2. The van der Waals surface area contributed by atoms with Gasteiger partial charge in [-0.15, -0.1) is 0 Å². The second-order valence-electron chi connectivity index (χ2n) is 7.32. The molecule has 34 heavy (non-hydrogen) atoms. The fourth-order valence-electron chi connectivity index (χ4n) is 3.15. The third-order valence-corrected chi connectivity index (χ3v) is 6.29. The lowest BCUT2D eigenvalue weighted by atomic mass is 10.2. The van der Waals surface area contributed by atoms with Crippen LogP contribution in [0.15, 0.2) is 77.7 Å². The van der Waals surface area contributed by atoms with Gasteiger partial charge in [-0.3, -0.25) is 9.52 Å². The number of carbonyl (C=O) groups is 1. The van der Waals surface area contributed by atoms with E-state index in [1.807, 2.05) is 19.1 Å². The van der Waals surface area contributed by atoms with Gasteiger partial charge in [0.2, 0.25) is 0 Å². The molecule has 0 saturated heterocycles. The molecule has 1 N–H and O–H groups in total. The van der Waals surface area contributed by atoms with Gasteiger partial charge in [0.1, 0.15) is 12.4 Å². The molecule has 0 aliphatic carbocycles. The zero-order valence-corrected chi connectivity index (χ0v) is 20.2. The summed E-state index contributed by atoms with van der Waals surface area (Å²) in [7, 11) is -0.690. The summed E-state index contributed by atoms with van der Waals surface area (Å²) < 4.78 is 44.6. The number of amides is 1. The lowest BCUT2D eigenvalue weighted by Gasteiger charge is -2.18. The predicted octanol–water partition coefficient (Wildman–Crippen LogP) is 4.05. The molecule has 0 heterocycles. The number of nitrogens with one attached hydrogen (secondary N) is 1. The summed E-state index contributed by atoms with van der Waals surface area (Å²) in [5.41, 5.74) is 0.653. The number of carbonyl (C=O) groups excluding carboxylic acids is 1. The van der Waals surface area contributed by atoms with Crippen LogP contribution in [0, 0.1) is 0 Å². The minimum atomic E-state index is -3.88. The molecule has 0 aromatic heterocycles. The summed E-state index contributed by atoms with van der Waals surface area (Å²) in [5.74, 6) is 1.52. The van der Waals surface area contributed by atoms with Crippen LogP contribution in [-0.2, 0) is 10.0 Å². The quantitative estimate of drug-likeness (QED) is 0.441. The maximum Gasteiger partial charge on any atom is 0.261 e. The number of methoxy groups -OCH3 is 1. The summed E-state index contributed by atoms with van der Waals surface area (Å²) in [6, 6.07) is 19.8. The zero-order chi connectivity index (χ0) is 24.6. The molecule has 0 bridgehead atoms. The van der Waals surface area contributed by atoms with Crippen LogP contribution in [0.3, 0.4) is 0 Å². The van der Waals surface area contributed by atoms with E-state index in [0.717, 1.165) is 0 Å². The Balaban J connectivity index is 1.64. The predicted molar refractivity (Wildman–Crippen MR) is 130 cm³/mol. The molecule has 0 unspecified atom stereocenters. The number of benzene rings is 3. The van der Waals surface area contributed by atoms with Crippen LogP contribution in [-0.4, -0.2) is 53.1 Å². The monoisotopic (exact) mass is 484 g/mol. The van der Waals surface area contributed by atoms with E-state index in [1.165, 1.54) is 17.0 Å². The third kappa shape index (κ3) is 6.41. The molecule has 0 aliphatic rings. The molecule has 1 amide bonds. The van der Waals surface area contributed by atoms with Crippen LogP contribution in [0.2, 0.25) is 0 Å².